The summed E-state index contributed by atoms with van der Waals surface area (Å²) >= 11 is 0. The zero-order chi connectivity index (χ0) is 14.9. The molecule has 1 saturated carbocycles. The molecule has 2 aromatic rings. The molecule has 0 atom stereocenters. The maximum absolute atomic E-state index is 12.6. The second-order valence-electron chi connectivity index (χ2n) is 5.99. The third-order valence-electron chi connectivity index (χ3n) is 4.48. The summed E-state index contributed by atoms with van der Waals surface area (Å²) in [6.45, 7) is 1.44. The lowest BCUT2D eigenvalue weighted by atomic mass is 10.0. The van der Waals surface area contributed by atoms with Crippen molar-refractivity contribution in [2.24, 2.45) is 0 Å². The summed E-state index contributed by atoms with van der Waals surface area (Å²) in [5.41, 5.74) is 4.28. The molecule has 2 aromatic heterocycles. The molecule has 0 N–H and O–H groups in total. The van der Waals surface area contributed by atoms with Gasteiger partial charge in [-0.15, -0.1) is 0 Å². The van der Waals surface area contributed by atoms with Gasteiger partial charge in [0.05, 0.1) is 11.3 Å². The Morgan fingerprint density at radius 1 is 1.18 bits per heavy atom. The van der Waals surface area contributed by atoms with E-state index in [0.717, 1.165) is 25.1 Å². The summed E-state index contributed by atoms with van der Waals surface area (Å²) < 4.78 is 0. The van der Waals surface area contributed by atoms with Gasteiger partial charge in [-0.3, -0.25) is 9.78 Å². The fraction of sp³-hybridized carbons (Fsp3) is 0.412. The molecule has 0 bridgehead atoms. The Balaban J connectivity index is 1.56. The van der Waals surface area contributed by atoms with Gasteiger partial charge in [0.2, 0.25) is 0 Å². The van der Waals surface area contributed by atoms with E-state index in [4.69, 9.17) is 0 Å². The first-order chi connectivity index (χ1) is 10.8. The first kappa shape index (κ1) is 13.4. The fourth-order valence-corrected chi connectivity index (χ4v) is 3.14. The molecule has 5 nitrogen and oxygen atoms in total. The second kappa shape index (κ2) is 5.48. The molecule has 3 heterocycles. The SMILES string of the molecule is O=C(c1cccnc1)N1CCc2ncnc(C3CC3)c2CC1. The molecule has 112 valence electrons. The average molecular weight is 294 g/mol. The number of rotatable bonds is 2. The second-order valence-corrected chi connectivity index (χ2v) is 5.99. The van der Waals surface area contributed by atoms with Crippen LogP contribution < -0.4 is 0 Å². The van der Waals surface area contributed by atoms with Crippen molar-refractivity contribution in [2.45, 2.75) is 31.6 Å². The highest BCUT2D eigenvalue weighted by molar-refractivity contribution is 5.93. The van der Waals surface area contributed by atoms with Crippen LogP contribution in [0.5, 0.6) is 0 Å². The number of fused-ring (bicyclic) bond motifs is 1. The zero-order valence-corrected chi connectivity index (χ0v) is 12.4. The quantitative estimate of drug-likeness (QED) is 0.850. The van der Waals surface area contributed by atoms with Crippen molar-refractivity contribution >= 4 is 5.91 Å². The van der Waals surface area contributed by atoms with E-state index in [2.05, 4.69) is 15.0 Å². The van der Waals surface area contributed by atoms with Gasteiger partial charge in [-0.2, -0.15) is 0 Å². The monoisotopic (exact) mass is 294 g/mol. The first-order valence-corrected chi connectivity index (χ1v) is 7.85. The smallest absolute Gasteiger partial charge is 0.255 e. The topological polar surface area (TPSA) is 59.0 Å². The zero-order valence-electron chi connectivity index (χ0n) is 12.4. The van der Waals surface area contributed by atoms with Crippen molar-refractivity contribution in [2.75, 3.05) is 13.1 Å². The normalized spacial score (nSPS) is 17.7. The Kier molecular flexibility index (Phi) is 3.33. The summed E-state index contributed by atoms with van der Waals surface area (Å²) in [7, 11) is 0. The van der Waals surface area contributed by atoms with Crippen molar-refractivity contribution in [3.8, 4) is 0 Å². The number of hydrogen-bond donors (Lipinski definition) is 0. The van der Waals surface area contributed by atoms with Gasteiger partial charge in [-0.1, -0.05) is 0 Å². The Morgan fingerprint density at radius 3 is 2.82 bits per heavy atom. The summed E-state index contributed by atoms with van der Waals surface area (Å²) in [4.78, 5) is 27.5. The standard InChI is InChI=1S/C17H18N4O/c22-17(13-2-1-7-18-10-13)21-8-5-14-15(6-9-21)19-11-20-16(14)12-3-4-12/h1-2,7,10-12H,3-6,8-9H2. The first-order valence-electron chi connectivity index (χ1n) is 7.85. The van der Waals surface area contributed by atoms with E-state index >= 15 is 0 Å². The van der Waals surface area contributed by atoms with Crippen LogP contribution in [0.15, 0.2) is 30.9 Å². The number of pyridine rings is 1. The maximum atomic E-state index is 12.6. The van der Waals surface area contributed by atoms with E-state index in [1.165, 1.54) is 24.1 Å². The van der Waals surface area contributed by atoms with E-state index in [1.807, 2.05) is 11.0 Å². The molecule has 22 heavy (non-hydrogen) atoms. The highest BCUT2D eigenvalue weighted by atomic mass is 16.2. The summed E-state index contributed by atoms with van der Waals surface area (Å²) in [5, 5.41) is 0. The van der Waals surface area contributed by atoms with Gasteiger partial charge in [0, 0.05) is 43.5 Å². The average Bonchev–Trinajstić information content (AvgIpc) is 3.41. The van der Waals surface area contributed by atoms with Crippen LogP contribution in [0.4, 0.5) is 0 Å². The molecule has 0 unspecified atom stereocenters. The molecule has 1 aliphatic heterocycles. The molecule has 5 heteroatoms. The molecular formula is C17H18N4O. The van der Waals surface area contributed by atoms with E-state index in [-0.39, 0.29) is 5.91 Å². The number of hydrogen-bond acceptors (Lipinski definition) is 4. The summed E-state index contributed by atoms with van der Waals surface area (Å²) in [6, 6.07) is 3.62. The number of carbonyl (C=O) groups is 1. The number of aromatic nitrogens is 3. The van der Waals surface area contributed by atoms with Crippen molar-refractivity contribution in [3.63, 3.8) is 0 Å². The molecule has 0 aromatic carbocycles. The third-order valence-corrected chi connectivity index (χ3v) is 4.48. The minimum absolute atomic E-state index is 0.0573. The Bertz CT molecular complexity index is 697. The van der Waals surface area contributed by atoms with Gasteiger partial charge in [0.15, 0.2) is 0 Å². The van der Waals surface area contributed by atoms with E-state index in [9.17, 15) is 4.79 Å². The Hall–Kier alpha value is -2.30. The molecule has 0 radical (unpaired) electrons. The summed E-state index contributed by atoms with van der Waals surface area (Å²) in [5.74, 6) is 0.680. The van der Waals surface area contributed by atoms with E-state index in [1.54, 1.807) is 24.8 Å². The van der Waals surface area contributed by atoms with Gasteiger partial charge in [-0.05, 0) is 37.0 Å². The third kappa shape index (κ3) is 2.47. The van der Waals surface area contributed by atoms with Gasteiger partial charge >= 0.3 is 0 Å². The maximum Gasteiger partial charge on any atom is 0.255 e. The lowest BCUT2D eigenvalue weighted by Gasteiger charge is -2.19. The van der Waals surface area contributed by atoms with Gasteiger partial charge in [0.25, 0.3) is 5.91 Å². The molecule has 1 aliphatic carbocycles. The van der Waals surface area contributed by atoms with Crippen LogP contribution in [-0.2, 0) is 12.8 Å². The lowest BCUT2D eigenvalue weighted by molar-refractivity contribution is 0.0762. The van der Waals surface area contributed by atoms with Crippen molar-refractivity contribution < 1.29 is 4.79 Å². The highest BCUT2D eigenvalue weighted by Crippen LogP contribution is 2.41. The Labute approximate surface area is 129 Å². The van der Waals surface area contributed by atoms with Gasteiger partial charge in [-0.25, -0.2) is 9.97 Å². The minimum atomic E-state index is 0.0573. The van der Waals surface area contributed by atoms with Crippen molar-refractivity contribution in [3.05, 3.63) is 53.4 Å². The summed E-state index contributed by atoms with van der Waals surface area (Å²) in [6.07, 6.45) is 9.15. The van der Waals surface area contributed by atoms with Gasteiger partial charge < -0.3 is 4.90 Å². The number of carbonyl (C=O) groups excluding carboxylic acids is 1. The van der Waals surface area contributed by atoms with Crippen LogP contribution in [0, 0.1) is 0 Å². The predicted octanol–water partition coefficient (Wildman–Crippen LogP) is 1.99. The molecular weight excluding hydrogens is 276 g/mol. The van der Waals surface area contributed by atoms with Crippen LogP contribution in [-0.4, -0.2) is 38.8 Å². The van der Waals surface area contributed by atoms with Crippen molar-refractivity contribution in [1.82, 2.24) is 19.9 Å². The van der Waals surface area contributed by atoms with Crippen LogP contribution in [0.25, 0.3) is 0 Å². The van der Waals surface area contributed by atoms with Gasteiger partial charge in [0.1, 0.15) is 6.33 Å². The fourth-order valence-electron chi connectivity index (χ4n) is 3.14. The largest absolute Gasteiger partial charge is 0.338 e. The predicted molar refractivity (Wildman–Crippen MR) is 81.6 cm³/mol. The minimum Gasteiger partial charge on any atom is -0.338 e. The number of nitrogens with zero attached hydrogens (tertiary/aromatic N) is 4. The molecule has 0 spiro atoms. The molecule has 0 saturated heterocycles. The molecule has 1 amide bonds. The Morgan fingerprint density at radius 2 is 2.05 bits per heavy atom. The van der Waals surface area contributed by atoms with Crippen LogP contribution in [0.2, 0.25) is 0 Å². The molecule has 1 fully saturated rings. The highest BCUT2D eigenvalue weighted by Gasteiger charge is 2.30. The molecule has 4 rings (SSSR count). The molecule has 2 aliphatic rings. The van der Waals surface area contributed by atoms with Crippen LogP contribution >= 0.6 is 0 Å². The van der Waals surface area contributed by atoms with Crippen LogP contribution in [0.1, 0.15) is 46.1 Å². The van der Waals surface area contributed by atoms with E-state index in [0.29, 0.717) is 18.0 Å². The van der Waals surface area contributed by atoms with Crippen molar-refractivity contribution in [1.29, 1.82) is 0 Å². The van der Waals surface area contributed by atoms with Crippen LogP contribution in [0.3, 0.4) is 0 Å². The number of amides is 1. The lowest BCUT2D eigenvalue weighted by Crippen LogP contribution is -2.33. The van der Waals surface area contributed by atoms with E-state index < -0.39 is 0 Å².